The average molecular weight is 340 g/mol. The number of halogens is 2. The molecule has 5 nitrogen and oxygen atoms in total. The van der Waals surface area contributed by atoms with Crippen LogP contribution in [0.2, 0.25) is 10.0 Å². The third-order valence-electron chi connectivity index (χ3n) is 2.79. The van der Waals surface area contributed by atoms with Crippen LogP contribution in [0.1, 0.15) is 12.6 Å². The highest BCUT2D eigenvalue weighted by molar-refractivity contribution is 6.35. The van der Waals surface area contributed by atoms with Crippen molar-refractivity contribution >= 4 is 29.1 Å². The molecule has 7 heteroatoms. The lowest BCUT2D eigenvalue weighted by molar-refractivity contribution is -0.123. The molecule has 0 aliphatic rings. The number of hydrogen-bond donors (Lipinski definition) is 1. The molecule has 0 bridgehead atoms. The molecule has 1 N–H and O–H groups in total. The van der Waals surface area contributed by atoms with Gasteiger partial charge in [-0.15, -0.1) is 0 Å². The van der Waals surface area contributed by atoms with Gasteiger partial charge >= 0.3 is 0 Å². The summed E-state index contributed by atoms with van der Waals surface area (Å²) in [4.78, 5) is 20.0. The Kier molecular flexibility index (Phi) is 5.98. The molecule has 0 saturated heterocycles. The Balaban J connectivity index is 1.80. The van der Waals surface area contributed by atoms with Crippen molar-refractivity contribution < 1.29 is 9.53 Å². The van der Waals surface area contributed by atoms with Gasteiger partial charge in [0, 0.05) is 36.1 Å². The second kappa shape index (κ2) is 7.96. The summed E-state index contributed by atoms with van der Waals surface area (Å²) < 4.78 is 5.37. The molecule has 0 unspecified atom stereocenters. The van der Waals surface area contributed by atoms with Gasteiger partial charge in [-0.1, -0.05) is 23.2 Å². The number of rotatable bonds is 6. The molecule has 22 heavy (non-hydrogen) atoms. The highest BCUT2D eigenvalue weighted by atomic mass is 35.5. The smallest absolute Gasteiger partial charge is 0.258 e. The SMILES string of the molecule is C[C@@H](Cc1cnccn1)NC(=O)COc1ccc(Cl)cc1Cl. The lowest BCUT2D eigenvalue weighted by Crippen LogP contribution is -2.37. The fourth-order valence-electron chi connectivity index (χ4n) is 1.85. The lowest BCUT2D eigenvalue weighted by Gasteiger charge is -2.14. The van der Waals surface area contributed by atoms with E-state index in [-0.39, 0.29) is 18.6 Å². The third-order valence-corrected chi connectivity index (χ3v) is 3.32. The minimum Gasteiger partial charge on any atom is -0.482 e. The number of nitrogens with zero attached hydrogens (tertiary/aromatic N) is 2. The van der Waals surface area contributed by atoms with Crippen LogP contribution in [0.4, 0.5) is 0 Å². The van der Waals surface area contributed by atoms with E-state index in [1.165, 1.54) is 0 Å². The van der Waals surface area contributed by atoms with E-state index < -0.39 is 0 Å². The van der Waals surface area contributed by atoms with E-state index in [0.717, 1.165) is 5.69 Å². The number of nitrogens with one attached hydrogen (secondary N) is 1. The van der Waals surface area contributed by atoms with E-state index in [9.17, 15) is 4.79 Å². The number of carbonyl (C=O) groups excluding carboxylic acids is 1. The Bertz CT molecular complexity index is 638. The Morgan fingerprint density at radius 3 is 2.86 bits per heavy atom. The van der Waals surface area contributed by atoms with Crippen LogP contribution in [0.3, 0.4) is 0 Å². The molecular formula is C15H15Cl2N3O2. The summed E-state index contributed by atoms with van der Waals surface area (Å²) >= 11 is 11.8. The molecule has 0 saturated carbocycles. The molecule has 0 radical (unpaired) electrons. The number of aromatic nitrogens is 2. The summed E-state index contributed by atoms with van der Waals surface area (Å²) in [6, 6.07) is 4.76. The zero-order valence-electron chi connectivity index (χ0n) is 11.9. The van der Waals surface area contributed by atoms with Gasteiger partial charge in [-0.25, -0.2) is 0 Å². The van der Waals surface area contributed by atoms with Gasteiger partial charge in [-0.3, -0.25) is 14.8 Å². The summed E-state index contributed by atoms with van der Waals surface area (Å²) in [5.74, 6) is 0.185. The standard InChI is InChI=1S/C15H15Cl2N3O2/c1-10(6-12-8-18-4-5-19-12)20-15(21)9-22-14-3-2-11(16)7-13(14)17/h2-5,7-8,10H,6,9H2,1H3,(H,20,21)/t10-/m0/s1. The van der Waals surface area contributed by atoms with Crippen LogP contribution in [-0.2, 0) is 11.2 Å². The molecule has 2 aromatic rings. The minimum absolute atomic E-state index is 0.0755. The van der Waals surface area contributed by atoms with Crippen LogP contribution in [0.25, 0.3) is 0 Å². The van der Waals surface area contributed by atoms with Crippen molar-refractivity contribution in [3.63, 3.8) is 0 Å². The summed E-state index contributed by atoms with van der Waals surface area (Å²) in [5.41, 5.74) is 0.817. The van der Waals surface area contributed by atoms with Crippen molar-refractivity contribution in [3.05, 3.63) is 52.5 Å². The zero-order valence-corrected chi connectivity index (χ0v) is 13.4. The highest BCUT2D eigenvalue weighted by Gasteiger charge is 2.11. The van der Waals surface area contributed by atoms with Gasteiger partial charge in [-0.2, -0.15) is 0 Å². The maximum atomic E-state index is 11.9. The summed E-state index contributed by atoms with van der Waals surface area (Å²) in [6.45, 7) is 1.77. The van der Waals surface area contributed by atoms with Gasteiger partial charge < -0.3 is 10.1 Å². The number of amides is 1. The predicted molar refractivity (Wildman–Crippen MR) is 85.3 cm³/mol. The van der Waals surface area contributed by atoms with Gasteiger partial charge in [0.1, 0.15) is 5.75 Å². The van der Waals surface area contributed by atoms with Crippen LogP contribution in [0, 0.1) is 0 Å². The van der Waals surface area contributed by atoms with Crippen LogP contribution < -0.4 is 10.1 Å². The average Bonchev–Trinajstić information content (AvgIpc) is 2.47. The zero-order chi connectivity index (χ0) is 15.9. The molecule has 0 aliphatic carbocycles. The first-order valence-corrected chi connectivity index (χ1v) is 7.42. The largest absolute Gasteiger partial charge is 0.482 e. The Morgan fingerprint density at radius 1 is 1.36 bits per heavy atom. The first kappa shape index (κ1) is 16.5. The minimum atomic E-state index is -0.234. The molecule has 1 aromatic carbocycles. The molecule has 0 aliphatic heterocycles. The van der Waals surface area contributed by atoms with E-state index >= 15 is 0 Å². The van der Waals surface area contributed by atoms with Gasteiger partial charge in [0.15, 0.2) is 6.61 Å². The monoisotopic (exact) mass is 339 g/mol. The molecule has 1 atom stereocenters. The van der Waals surface area contributed by atoms with Gasteiger partial charge in [0.2, 0.25) is 0 Å². The van der Waals surface area contributed by atoms with E-state index in [1.54, 1.807) is 36.8 Å². The Morgan fingerprint density at radius 2 is 2.18 bits per heavy atom. The summed E-state index contributed by atoms with van der Waals surface area (Å²) in [6.07, 6.45) is 5.50. The number of hydrogen-bond acceptors (Lipinski definition) is 4. The predicted octanol–water partition coefficient (Wildman–Crippen LogP) is 2.91. The number of carbonyl (C=O) groups is 1. The van der Waals surface area contributed by atoms with E-state index in [4.69, 9.17) is 27.9 Å². The molecular weight excluding hydrogens is 325 g/mol. The molecule has 116 valence electrons. The van der Waals surface area contributed by atoms with Crippen LogP contribution in [-0.4, -0.2) is 28.5 Å². The first-order chi connectivity index (χ1) is 10.5. The quantitative estimate of drug-likeness (QED) is 0.878. The molecule has 1 aromatic heterocycles. The molecule has 0 fully saturated rings. The first-order valence-electron chi connectivity index (χ1n) is 6.66. The van der Waals surface area contributed by atoms with Crippen molar-refractivity contribution in [1.82, 2.24) is 15.3 Å². The molecule has 0 spiro atoms. The molecule has 1 amide bonds. The summed E-state index contributed by atoms with van der Waals surface area (Å²) in [7, 11) is 0. The second-order valence-corrected chi connectivity index (χ2v) is 5.58. The van der Waals surface area contributed by atoms with Crippen molar-refractivity contribution in [2.45, 2.75) is 19.4 Å². The van der Waals surface area contributed by atoms with Gasteiger partial charge in [0.25, 0.3) is 5.91 Å². The third kappa shape index (κ3) is 5.16. The van der Waals surface area contributed by atoms with Crippen LogP contribution in [0.5, 0.6) is 5.75 Å². The van der Waals surface area contributed by atoms with Crippen molar-refractivity contribution in [2.75, 3.05) is 6.61 Å². The fraction of sp³-hybridized carbons (Fsp3) is 0.267. The fourth-order valence-corrected chi connectivity index (χ4v) is 2.32. The molecule has 1 heterocycles. The van der Waals surface area contributed by atoms with E-state index in [0.29, 0.717) is 22.2 Å². The topological polar surface area (TPSA) is 64.1 Å². The van der Waals surface area contributed by atoms with E-state index in [1.807, 2.05) is 6.92 Å². The van der Waals surface area contributed by atoms with Crippen LogP contribution >= 0.6 is 23.2 Å². The normalized spacial score (nSPS) is 11.8. The maximum absolute atomic E-state index is 11.9. The van der Waals surface area contributed by atoms with Crippen molar-refractivity contribution in [2.24, 2.45) is 0 Å². The Labute approximate surface area is 138 Å². The Hall–Kier alpha value is -1.85. The van der Waals surface area contributed by atoms with Crippen LogP contribution in [0.15, 0.2) is 36.8 Å². The van der Waals surface area contributed by atoms with Crippen molar-refractivity contribution in [3.8, 4) is 5.75 Å². The number of ether oxygens (including phenoxy) is 1. The molecule has 2 rings (SSSR count). The van der Waals surface area contributed by atoms with E-state index in [2.05, 4.69) is 15.3 Å². The lowest BCUT2D eigenvalue weighted by atomic mass is 10.2. The van der Waals surface area contributed by atoms with Gasteiger partial charge in [-0.05, 0) is 25.1 Å². The highest BCUT2D eigenvalue weighted by Crippen LogP contribution is 2.27. The second-order valence-electron chi connectivity index (χ2n) is 4.73. The maximum Gasteiger partial charge on any atom is 0.258 e. The summed E-state index contributed by atoms with van der Waals surface area (Å²) in [5, 5.41) is 3.71. The number of benzene rings is 1. The van der Waals surface area contributed by atoms with Gasteiger partial charge in [0.05, 0.1) is 10.7 Å². The van der Waals surface area contributed by atoms with Crippen molar-refractivity contribution in [1.29, 1.82) is 0 Å².